The maximum Gasteiger partial charge on any atom is 0.244 e. The first-order valence-corrected chi connectivity index (χ1v) is 16.6. The number of hydrogen-bond acceptors (Lipinski definition) is 4. The Morgan fingerprint density at radius 3 is 2.05 bits per heavy atom. The average molecular weight is 694 g/mol. The first-order valence-electron chi connectivity index (χ1n) is 12.9. The molecule has 0 aromatic heterocycles. The van der Waals surface area contributed by atoms with Crippen LogP contribution in [-0.2, 0) is 32.6 Å². The zero-order chi connectivity index (χ0) is 31.2. The Morgan fingerprint density at radius 2 is 1.45 bits per heavy atom. The van der Waals surface area contributed by atoms with Crippen molar-refractivity contribution in [1.82, 2.24) is 10.2 Å². The van der Waals surface area contributed by atoms with Gasteiger partial charge in [-0.05, 0) is 48.7 Å². The monoisotopic (exact) mass is 691 g/mol. The average Bonchev–Trinajstić information content (AvgIpc) is 2.93. The molecule has 42 heavy (non-hydrogen) atoms. The minimum absolute atomic E-state index is 0.0194. The summed E-state index contributed by atoms with van der Waals surface area (Å²) in [6.45, 7) is 3.06. The molecule has 0 aliphatic heterocycles. The molecule has 0 aliphatic carbocycles. The summed E-state index contributed by atoms with van der Waals surface area (Å²) in [6, 6.07) is 15.5. The predicted octanol–water partition coefficient (Wildman–Crippen LogP) is 7.27. The van der Waals surface area contributed by atoms with E-state index in [0.717, 1.165) is 16.1 Å². The lowest BCUT2D eigenvalue weighted by atomic mass is 10.0. The van der Waals surface area contributed by atoms with Crippen molar-refractivity contribution in [3.63, 3.8) is 0 Å². The fraction of sp³-hybridized carbons (Fsp3) is 0.310. The van der Waals surface area contributed by atoms with E-state index in [1.165, 1.54) is 17.0 Å². The largest absolute Gasteiger partial charge is 0.352 e. The van der Waals surface area contributed by atoms with Gasteiger partial charge in [0, 0.05) is 19.0 Å². The molecule has 0 bridgehead atoms. The van der Waals surface area contributed by atoms with Crippen LogP contribution in [0.3, 0.4) is 0 Å². The van der Waals surface area contributed by atoms with Gasteiger partial charge >= 0.3 is 0 Å². The molecule has 3 rings (SSSR count). The van der Waals surface area contributed by atoms with Gasteiger partial charge in [-0.3, -0.25) is 13.9 Å². The van der Waals surface area contributed by atoms with E-state index in [-0.39, 0.29) is 50.7 Å². The third-order valence-corrected chi connectivity index (χ3v) is 9.44. The molecule has 0 fully saturated rings. The fourth-order valence-electron chi connectivity index (χ4n) is 4.13. The van der Waals surface area contributed by atoms with E-state index in [1.807, 2.05) is 44.2 Å². The molecule has 2 amide bonds. The molecular formula is C29H30Cl5N3O4S. The number of halogens is 5. The molecule has 226 valence electrons. The summed E-state index contributed by atoms with van der Waals surface area (Å²) >= 11 is 31.0. The predicted molar refractivity (Wildman–Crippen MR) is 173 cm³/mol. The molecular weight excluding hydrogens is 664 g/mol. The molecule has 0 spiro atoms. The van der Waals surface area contributed by atoms with E-state index in [1.54, 1.807) is 18.2 Å². The first kappa shape index (κ1) is 34.3. The van der Waals surface area contributed by atoms with Gasteiger partial charge in [-0.2, -0.15) is 0 Å². The normalized spacial score (nSPS) is 12.9. The van der Waals surface area contributed by atoms with Crippen molar-refractivity contribution in [3.05, 3.63) is 96.9 Å². The summed E-state index contributed by atoms with van der Waals surface area (Å²) in [5.41, 5.74) is 1.37. The summed E-state index contributed by atoms with van der Waals surface area (Å²) in [5, 5.41) is 3.72. The molecule has 0 saturated heterocycles. The van der Waals surface area contributed by atoms with Gasteiger partial charge < -0.3 is 10.2 Å². The van der Waals surface area contributed by atoms with Gasteiger partial charge in [-0.1, -0.05) is 101 Å². The van der Waals surface area contributed by atoms with Crippen LogP contribution in [0.15, 0.2) is 60.7 Å². The van der Waals surface area contributed by atoms with Crippen molar-refractivity contribution in [2.24, 2.45) is 0 Å². The molecule has 3 aromatic carbocycles. The van der Waals surface area contributed by atoms with Crippen molar-refractivity contribution < 1.29 is 18.0 Å². The van der Waals surface area contributed by atoms with Crippen molar-refractivity contribution in [2.45, 2.75) is 45.3 Å². The quantitative estimate of drug-likeness (QED) is 0.202. The first-order chi connectivity index (χ1) is 19.7. The van der Waals surface area contributed by atoms with Crippen molar-refractivity contribution >= 4 is 85.5 Å². The Bertz CT molecular complexity index is 1540. The minimum atomic E-state index is -4.05. The second-order valence-electron chi connectivity index (χ2n) is 9.78. The number of nitrogens with zero attached hydrogens (tertiary/aromatic N) is 2. The summed E-state index contributed by atoms with van der Waals surface area (Å²) in [6.07, 6.45) is 1.78. The van der Waals surface area contributed by atoms with E-state index < -0.39 is 28.5 Å². The Morgan fingerprint density at radius 1 is 0.833 bits per heavy atom. The van der Waals surface area contributed by atoms with E-state index in [2.05, 4.69) is 5.32 Å². The highest BCUT2D eigenvalue weighted by Crippen LogP contribution is 2.36. The highest BCUT2D eigenvalue weighted by Gasteiger charge is 2.34. The van der Waals surface area contributed by atoms with Gasteiger partial charge in [0.05, 0.1) is 37.1 Å². The lowest BCUT2D eigenvalue weighted by molar-refractivity contribution is -0.140. The summed E-state index contributed by atoms with van der Waals surface area (Å²) in [4.78, 5) is 29.2. The number of carbonyl (C=O) groups is 2. The second kappa shape index (κ2) is 15.0. The van der Waals surface area contributed by atoms with Crippen molar-refractivity contribution in [3.8, 4) is 0 Å². The van der Waals surface area contributed by atoms with Crippen LogP contribution in [0.1, 0.15) is 31.4 Å². The maximum absolute atomic E-state index is 14.2. The third kappa shape index (κ3) is 9.15. The Kier molecular flexibility index (Phi) is 12.2. The van der Waals surface area contributed by atoms with Crippen LogP contribution in [0.2, 0.25) is 25.1 Å². The van der Waals surface area contributed by atoms with E-state index in [4.69, 9.17) is 58.0 Å². The van der Waals surface area contributed by atoms with Crippen LogP contribution >= 0.6 is 58.0 Å². The van der Waals surface area contributed by atoms with Crippen LogP contribution in [0.25, 0.3) is 0 Å². The van der Waals surface area contributed by atoms with Crippen LogP contribution in [0, 0.1) is 0 Å². The molecule has 0 unspecified atom stereocenters. The SMILES string of the molecule is CC[C@@H](C)NC(=O)[C@@H](Cc1ccccc1)N(Cc1ccc(Cl)c(Cl)c1)C(=O)CN(c1cc(Cl)c(Cl)cc1Cl)S(C)(=O)=O. The molecule has 0 aliphatic rings. The van der Waals surface area contributed by atoms with Crippen molar-refractivity contribution in [1.29, 1.82) is 0 Å². The van der Waals surface area contributed by atoms with E-state index in [9.17, 15) is 18.0 Å². The highest BCUT2D eigenvalue weighted by atomic mass is 35.5. The smallest absolute Gasteiger partial charge is 0.244 e. The molecule has 7 nitrogen and oxygen atoms in total. The van der Waals surface area contributed by atoms with Crippen molar-refractivity contribution in [2.75, 3.05) is 17.1 Å². The topological polar surface area (TPSA) is 86.8 Å². The number of amides is 2. The lowest BCUT2D eigenvalue weighted by Crippen LogP contribution is -2.54. The minimum Gasteiger partial charge on any atom is -0.352 e. The van der Waals surface area contributed by atoms with Crippen LogP contribution in [0.4, 0.5) is 5.69 Å². The van der Waals surface area contributed by atoms with Gasteiger partial charge in [-0.25, -0.2) is 8.42 Å². The lowest BCUT2D eigenvalue weighted by Gasteiger charge is -2.34. The number of rotatable bonds is 12. The molecule has 3 aromatic rings. The summed E-state index contributed by atoms with van der Waals surface area (Å²) in [5.74, 6) is -1.05. The molecule has 2 atom stereocenters. The van der Waals surface area contributed by atoms with E-state index in [0.29, 0.717) is 17.0 Å². The molecule has 1 N–H and O–H groups in total. The van der Waals surface area contributed by atoms with Crippen LogP contribution < -0.4 is 9.62 Å². The van der Waals surface area contributed by atoms with Crippen LogP contribution in [0.5, 0.6) is 0 Å². The Balaban J connectivity index is 2.12. The molecule has 0 heterocycles. The second-order valence-corrected chi connectivity index (χ2v) is 13.7. The van der Waals surface area contributed by atoms with Gasteiger partial charge in [0.1, 0.15) is 12.6 Å². The van der Waals surface area contributed by atoms with E-state index >= 15 is 0 Å². The van der Waals surface area contributed by atoms with Gasteiger partial charge in [-0.15, -0.1) is 0 Å². The van der Waals surface area contributed by atoms with Gasteiger partial charge in [0.2, 0.25) is 21.8 Å². The Hall–Kier alpha value is -2.20. The molecule has 13 heteroatoms. The van der Waals surface area contributed by atoms with Gasteiger partial charge in [0.25, 0.3) is 0 Å². The number of benzene rings is 3. The zero-order valence-electron chi connectivity index (χ0n) is 23.1. The number of nitrogens with one attached hydrogen (secondary N) is 1. The molecule has 0 saturated carbocycles. The zero-order valence-corrected chi connectivity index (χ0v) is 27.7. The fourth-order valence-corrected chi connectivity index (χ4v) is 5.99. The summed E-state index contributed by atoms with van der Waals surface area (Å²) < 4.78 is 26.8. The number of hydrogen-bond donors (Lipinski definition) is 1. The highest BCUT2D eigenvalue weighted by molar-refractivity contribution is 7.92. The van der Waals surface area contributed by atoms with Crippen LogP contribution in [-0.4, -0.2) is 50.0 Å². The number of carbonyl (C=O) groups excluding carboxylic acids is 2. The molecule has 0 radical (unpaired) electrons. The van der Waals surface area contributed by atoms with Gasteiger partial charge in [0.15, 0.2) is 0 Å². The third-order valence-electron chi connectivity index (χ3n) is 6.55. The Labute approximate surface area is 271 Å². The summed E-state index contributed by atoms with van der Waals surface area (Å²) in [7, 11) is -4.05. The number of sulfonamides is 1. The standard InChI is InChI=1S/C29H30Cl5N3O4S/c1-4-18(2)35-29(39)27(13-19-8-6-5-7-9-19)36(16-20-10-11-21(30)22(31)12-20)28(38)17-37(42(3,40)41)26-15-24(33)23(32)14-25(26)34/h5-12,14-15,18,27H,4,13,16-17H2,1-3H3,(H,35,39)/t18-,27-/m1/s1. The maximum atomic E-state index is 14.2. The number of anilines is 1.